The van der Waals surface area contributed by atoms with Gasteiger partial charge in [-0.3, -0.25) is 19.6 Å². The second kappa shape index (κ2) is 9.39. The highest BCUT2D eigenvalue weighted by atomic mass is 16.6. The van der Waals surface area contributed by atoms with E-state index in [4.69, 9.17) is 14.6 Å². The van der Waals surface area contributed by atoms with E-state index in [9.17, 15) is 19.7 Å². The lowest BCUT2D eigenvalue weighted by atomic mass is 10.2. The van der Waals surface area contributed by atoms with E-state index in [-0.39, 0.29) is 35.8 Å². The topological polar surface area (TPSA) is 146 Å². The average Bonchev–Trinajstić information content (AvgIpc) is 3.22. The van der Waals surface area contributed by atoms with Gasteiger partial charge in [0.05, 0.1) is 23.8 Å². The van der Waals surface area contributed by atoms with Crippen LogP contribution in [0.3, 0.4) is 0 Å². The third-order valence-electron chi connectivity index (χ3n) is 4.11. The van der Waals surface area contributed by atoms with Gasteiger partial charge in [-0.1, -0.05) is 12.1 Å². The van der Waals surface area contributed by atoms with E-state index in [0.717, 1.165) is 0 Å². The molecule has 0 bridgehead atoms. The third-order valence-corrected chi connectivity index (χ3v) is 4.11. The fourth-order valence-corrected chi connectivity index (χ4v) is 2.69. The van der Waals surface area contributed by atoms with Gasteiger partial charge < -0.3 is 19.9 Å². The molecule has 2 aromatic carbocycles. The molecular weight excluding hydrogens is 408 g/mol. The fraction of sp³-hybridized carbons (Fsp3) is 0.150. The van der Waals surface area contributed by atoms with Crippen molar-refractivity contribution in [1.82, 2.24) is 9.78 Å². The van der Waals surface area contributed by atoms with Gasteiger partial charge in [0.25, 0.3) is 5.69 Å². The Balaban J connectivity index is 1.73. The van der Waals surface area contributed by atoms with Crippen molar-refractivity contribution < 1.29 is 29.1 Å². The highest BCUT2D eigenvalue weighted by Gasteiger charge is 2.15. The van der Waals surface area contributed by atoms with Gasteiger partial charge in [0.2, 0.25) is 5.91 Å². The van der Waals surface area contributed by atoms with Crippen LogP contribution in [-0.4, -0.2) is 38.8 Å². The van der Waals surface area contributed by atoms with Crippen LogP contribution in [0.4, 0.5) is 11.4 Å². The number of anilines is 1. The van der Waals surface area contributed by atoms with E-state index < -0.39 is 16.8 Å². The molecule has 0 saturated carbocycles. The first-order valence-electron chi connectivity index (χ1n) is 9.02. The first-order valence-corrected chi connectivity index (χ1v) is 9.02. The van der Waals surface area contributed by atoms with Crippen LogP contribution >= 0.6 is 0 Å². The molecule has 0 fully saturated rings. The summed E-state index contributed by atoms with van der Waals surface area (Å²) in [6.45, 7) is 0.138. The summed E-state index contributed by atoms with van der Waals surface area (Å²) in [6.07, 6.45) is 1.43. The molecule has 3 rings (SSSR count). The molecule has 1 aromatic heterocycles. The number of carboxylic acids is 1. The number of para-hydroxylation sites is 2. The Bertz CT molecular complexity index is 1130. The largest absolute Gasteiger partial charge is 0.493 e. The Morgan fingerprint density at radius 2 is 1.94 bits per heavy atom. The van der Waals surface area contributed by atoms with Gasteiger partial charge in [-0.15, -0.1) is 0 Å². The molecule has 3 aromatic rings. The minimum absolute atomic E-state index is 0.0217. The quantitative estimate of drug-likeness (QED) is 0.391. The van der Waals surface area contributed by atoms with Crippen molar-refractivity contribution >= 4 is 23.3 Å². The smallest absolute Gasteiger partial charge is 0.356 e. The molecule has 0 saturated heterocycles. The van der Waals surface area contributed by atoms with Gasteiger partial charge in [0.1, 0.15) is 5.75 Å². The predicted molar refractivity (Wildman–Crippen MR) is 109 cm³/mol. The molecule has 160 valence electrons. The van der Waals surface area contributed by atoms with Gasteiger partial charge in [0, 0.05) is 31.3 Å². The lowest BCUT2D eigenvalue weighted by molar-refractivity contribution is -0.384. The maximum absolute atomic E-state index is 12.3. The lowest BCUT2D eigenvalue weighted by Gasteiger charge is -2.12. The number of non-ortho nitro benzene ring substituents is 1. The summed E-state index contributed by atoms with van der Waals surface area (Å²) < 4.78 is 12.3. The summed E-state index contributed by atoms with van der Waals surface area (Å²) in [7, 11) is 1.47. The van der Waals surface area contributed by atoms with E-state index in [1.54, 1.807) is 24.3 Å². The van der Waals surface area contributed by atoms with Crippen molar-refractivity contribution in [1.29, 1.82) is 0 Å². The van der Waals surface area contributed by atoms with Crippen LogP contribution in [0, 0.1) is 10.1 Å². The molecule has 1 amide bonds. The standard InChI is InChI=1S/C20H18N4O7/c1-30-17-4-2-3-5-18(17)31-15-11-13(10-14(12-15)24(28)29)21-19(25)7-9-23-8-6-16(22-23)20(26)27/h2-6,8,10-12H,7,9H2,1H3,(H,21,25)(H,26,27). The molecule has 0 atom stereocenters. The van der Waals surface area contributed by atoms with E-state index >= 15 is 0 Å². The first kappa shape index (κ1) is 21.3. The number of hydrogen-bond donors (Lipinski definition) is 2. The number of aromatic carboxylic acids is 1. The van der Waals surface area contributed by atoms with Crippen LogP contribution in [0.1, 0.15) is 16.9 Å². The number of ether oxygens (including phenoxy) is 2. The molecule has 0 aliphatic carbocycles. The van der Waals surface area contributed by atoms with Crippen molar-refractivity contribution in [2.75, 3.05) is 12.4 Å². The average molecular weight is 426 g/mol. The number of carbonyl (C=O) groups is 2. The summed E-state index contributed by atoms with van der Waals surface area (Å²) in [5.41, 5.74) is -0.214. The Hall–Kier alpha value is -4.41. The maximum Gasteiger partial charge on any atom is 0.356 e. The molecule has 0 unspecified atom stereocenters. The maximum atomic E-state index is 12.3. The number of carboxylic acid groups (broad SMARTS) is 1. The van der Waals surface area contributed by atoms with Gasteiger partial charge in [-0.05, 0) is 18.2 Å². The van der Waals surface area contributed by atoms with Crippen molar-refractivity contribution in [2.24, 2.45) is 0 Å². The molecule has 0 aliphatic heterocycles. The Labute approximate surface area is 176 Å². The number of nitro benzene ring substituents is 1. The number of methoxy groups -OCH3 is 1. The molecule has 11 heteroatoms. The number of amides is 1. The van der Waals surface area contributed by atoms with Crippen LogP contribution in [0.2, 0.25) is 0 Å². The second-order valence-corrected chi connectivity index (χ2v) is 6.29. The SMILES string of the molecule is COc1ccccc1Oc1cc(NC(=O)CCn2ccc(C(=O)O)n2)cc([N+](=O)[O-])c1. The van der Waals surface area contributed by atoms with Crippen molar-refractivity contribution in [3.63, 3.8) is 0 Å². The summed E-state index contributed by atoms with van der Waals surface area (Å²) in [5.74, 6) is -0.652. The number of rotatable bonds is 9. The Morgan fingerprint density at radius 3 is 2.58 bits per heavy atom. The first-order chi connectivity index (χ1) is 14.9. The number of benzene rings is 2. The summed E-state index contributed by atoms with van der Waals surface area (Å²) >= 11 is 0. The molecule has 0 radical (unpaired) electrons. The van der Waals surface area contributed by atoms with Crippen molar-refractivity contribution in [2.45, 2.75) is 13.0 Å². The summed E-state index contributed by atoms with van der Waals surface area (Å²) in [5, 5.41) is 26.6. The number of aromatic nitrogens is 2. The number of nitrogens with zero attached hydrogens (tertiary/aromatic N) is 3. The predicted octanol–water partition coefficient (Wildman–Crippen LogP) is 3.32. The molecule has 2 N–H and O–H groups in total. The highest BCUT2D eigenvalue weighted by molar-refractivity contribution is 5.91. The zero-order valence-corrected chi connectivity index (χ0v) is 16.3. The normalized spacial score (nSPS) is 10.4. The number of hydrogen-bond acceptors (Lipinski definition) is 7. The van der Waals surface area contributed by atoms with Gasteiger partial charge in [-0.25, -0.2) is 4.79 Å². The van der Waals surface area contributed by atoms with Crippen LogP contribution in [-0.2, 0) is 11.3 Å². The summed E-state index contributed by atoms with van der Waals surface area (Å²) in [4.78, 5) is 33.8. The third kappa shape index (κ3) is 5.56. The van der Waals surface area contributed by atoms with Crippen LogP contribution < -0.4 is 14.8 Å². The van der Waals surface area contributed by atoms with Gasteiger partial charge >= 0.3 is 5.97 Å². The van der Waals surface area contributed by atoms with E-state index in [1.165, 1.54) is 42.3 Å². The highest BCUT2D eigenvalue weighted by Crippen LogP contribution is 2.34. The molecule has 11 nitrogen and oxygen atoms in total. The lowest BCUT2D eigenvalue weighted by Crippen LogP contribution is -2.15. The molecule has 31 heavy (non-hydrogen) atoms. The van der Waals surface area contributed by atoms with Gasteiger partial charge in [0.15, 0.2) is 17.2 Å². The number of aryl methyl sites for hydroxylation is 1. The van der Waals surface area contributed by atoms with Crippen LogP contribution in [0.5, 0.6) is 17.2 Å². The zero-order valence-electron chi connectivity index (χ0n) is 16.3. The summed E-state index contributed by atoms with van der Waals surface area (Å²) in [6, 6.07) is 12.0. The minimum Gasteiger partial charge on any atom is -0.493 e. The number of nitrogens with one attached hydrogen (secondary N) is 1. The van der Waals surface area contributed by atoms with Crippen molar-refractivity contribution in [3.8, 4) is 17.2 Å². The minimum atomic E-state index is -1.16. The molecule has 1 heterocycles. The Morgan fingerprint density at radius 1 is 1.19 bits per heavy atom. The van der Waals surface area contributed by atoms with E-state index in [1.807, 2.05) is 0 Å². The van der Waals surface area contributed by atoms with Crippen LogP contribution in [0.15, 0.2) is 54.7 Å². The molecule has 0 spiro atoms. The zero-order chi connectivity index (χ0) is 22.4. The Kier molecular flexibility index (Phi) is 6.45. The molecular formula is C20H18N4O7. The number of carbonyl (C=O) groups excluding carboxylic acids is 1. The monoisotopic (exact) mass is 426 g/mol. The number of nitro groups is 1. The van der Waals surface area contributed by atoms with Crippen molar-refractivity contribution in [3.05, 3.63) is 70.5 Å². The van der Waals surface area contributed by atoms with E-state index in [0.29, 0.717) is 11.5 Å². The van der Waals surface area contributed by atoms with E-state index in [2.05, 4.69) is 10.4 Å². The fourth-order valence-electron chi connectivity index (χ4n) is 2.69. The second-order valence-electron chi connectivity index (χ2n) is 6.29. The van der Waals surface area contributed by atoms with Crippen LogP contribution in [0.25, 0.3) is 0 Å². The van der Waals surface area contributed by atoms with Gasteiger partial charge in [-0.2, -0.15) is 5.10 Å². The molecule has 0 aliphatic rings.